The number of likely N-dealkylation sites (tertiary alicyclic amines) is 1. The molecule has 0 spiro atoms. The highest BCUT2D eigenvalue weighted by Gasteiger charge is 2.19. The third-order valence-corrected chi connectivity index (χ3v) is 5.35. The van der Waals surface area contributed by atoms with Crippen LogP contribution in [0.3, 0.4) is 0 Å². The molecule has 1 heterocycles. The molecule has 0 bridgehead atoms. The van der Waals surface area contributed by atoms with Crippen molar-refractivity contribution in [3.63, 3.8) is 0 Å². The van der Waals surface area contributed by atoms with Crippen LogP contribution in [0.25, 0.3) is 0 Å². The molecule has 6 heteroatoms. The minimum absolute atomic E-state index is 0.247. The van der Waals surface area contributed by atoms with Crippen molar-refractivity contribution < 1.29 is 8.42 Å². The van der Waals surface area contributed by atoms with E-state index in [0.29, 0.717) is 13.0 Å². The lowest BCUT2D eigenvalue weighted by molar-refractivity contribution is 0.310. The molecule has 0 amide bonds. The second kappa shape index (κ2) is 8.09. The maximum absolute atomic E-state index is 12.0. The van der Waals surface area contributed by atoms with Crippen molar-refractivity contribution in [3.05, 3.63) is 0 Å². The Kier molecular flexibility index (Phi) is 7.14. The fraction of sp³-hybridized carbons (Fsp3) is 1.00. The van der Waals surface area contributed by atoms with Crippen LogP contribution in [0.4, 0.5) is 0 Å². The van der Waals surface area contributed by atoms with Crippen molar-refractivity contribution in [2.45, 2.75) is 26.2 Å². The lowest BCUT2D eigenvalue weighted by Gasteiger charge is -2.21. The van der Waals surface area contributed by atoms with Gasteiger partial charge >= 0.3 is 0 Å². The van der Waals surface area contributed by atoms with Crippen LogP contribution < -0.4 is 5.32 Å². The standard InChI is InChI=1S/C12H27N3O2S/c1-3-13-7-6-12-18(16,17)14(2)10-11-15-8-4-5-9-15/h13H,3-12H2,1-2H3. The zero-order valence-electron chi connectivity index (χ0n) is 11.7. The topological polar surface area (TPSA) is 52.7 Å². The summed E-state index contributed by atoms with van der Waals surface area (Å²) in [6, 6.07) is 0. The van der Waals surface area contributed by atoms with Gasteiger partial charge in [0.2, 0.25) is 10.0 Å². The molecule has 1 fully saturated rings. The molecule has 0 radical (unpaired) electrons. The predicted molar refractivity (Wildman–Crippen MR) is 75.3 cm³/mol. The molecule has 0 aromatic rings. The molecule has 0 unspecified atom stereocenters. The van der Waals surface area contributed by atoms with Crippen LogP contribution in [-0.2, 0) is 10.0 Å². The van der Waals surface area contributed by atoms with Crippen molar-refractivity contribution in [2.24, 2.45) is 0 Å². The summed E-state index contributed by atoms with van der Waals surface area (Å²) in [7, 11) is -1.37. The molecule has 1 rings (SSSR count). The van der Waals surface area contributed by atoms with E-state index in [-0.39, 0.29) is 5.75 Å². The Morgan fingerprint density at radius 3 is 2.56 bits per heavy atom. The van der Waals surface area contributed by atoms with Gasteiger partial charge in [-0.1, -0.05) is 6.92 Å². The molecule has 0 aromatic heterocycles. The lowest BCUT2D eigenvalue weighted by atomic mass is 10.4. The monoisotopic (exact) mass is 277 g/mol. The highest BCUT2D eigenvalue weighted by Crippen LogP contribution is 2.07. The summed E-state index contributed by atoms with van der Waals surface area (Å²) < 4.78 is 25.5. The van der Waals surface area contributed by atoms with Crippen LogP contribution in [0.1, 0.15) is 26.2 Å². The van der Waals surface area contributed by atoms with Crippen LogP contribution in [0.2, 0.25) is 0 Å². The van der Waals surface area contributed by atoms with E-state index in [4.69, 9.17) is 0 Å². The van der Waals surface area contributed by atoms with Gasteiger partial charge in [-0.15, -0.1) is 0 Å². The maximum atomic E-state index is 12.0. The number of rotatable bonds is 9. The van der Waals surface area contributed by atoms with E-state index in [9.17, 15) is 8.42 Å². The van der Waals surface area contributed by atoms with E-state index >= 15 is 0 Å². The molecular weight excluding hydrogens is 250 g/mol. The van der Waals surface area contributed by atoms with E-state index < -0.39 is 10.0 Å². The van der Waals surface area contributed by atoms with Crippen molar-refractivity contribution in [3.8, 4) is 0 Å². The number of nitrogens with one attached hydrogen (secondary N) is 1. The van der Waals surface area contributed by atoms with Gasteiger partial charge in [0.05, 0.1) is 5.75 Å². The van der Waals surface area contributed by atoms with Gasteiger partial charge in [-0.3, -0.25) is 0 Å². The minimum Gasteiger partial charge on any atom is -0.317 e. The molecule has 1 aliphatic rings. The maximum Gasteiger partial charge on any atom is 0.213 e. The second-order valence-corrected chi connectivity index (χ2v) is 7.09. The first-order valence-electron chi connectivity index (χ1n) is 6.93. The summed E-state index contributed by atoms with van der Waals surface area (Å²) in [6.45, 7) is 7.41. The molecule has 18 heavy (non-hydrogen) atoms. The third kappa shape index (κ3) is 5.65. The zero-order chi connectivity index (χ0) is 13.4. The average Bonchev–Trinajstić information content (AvgIpc) is 2.84. The van der Waals surface area contributed by atoms with E-state index in [1.165, 1.54) is 17.1 Å². The fourth-order valence-electron chi connectivity index (χ4n) is 2.14. The molecule has 0 aliphatic carbocycles. The van der Waals surface area contributed by atoms with Gasteiger partial charge < -0.3 is 10.2 Å². The lowest BCUT2D eigenvalue weighted by Crippen LogP contribution is -2.36. The van der Waals surface area contributed by atoms with Crippen molar-refractivity contribution in [1.29, 1.82) is 0 Å². The molecule has 1 N–H and O–H groups in total. The van der Waals surface area contributed by atoms with Crippen LogP contribution in [0, 0.1) is 0 Å². The summed E-state index contributed by atoms with van der Waals surface area (Å²) >= 11 is 0. The molecule has 0 saturated carbocycles. The summed E-state index contributed by atoms with van der Waals surface area (Å²) in [5.74, 6) is 0.247. The molecule has 1 saturated heterocycles. The van der Waals surface area contributed by atoms with Crippen LogP contribution in [0.15, 0.2) is 0 Å². The summed E-state index contributed by atoms with van der Waals surface area (Å²) in [4.78, 5) is 2.34. The van der Waals surface area contributed by atoms with Gasteiger partial charge in [-0.05, 0) is 45.4 Å². The SMILES string of the molecule is CCNCCCS(=O)(=O)N(C)CCN1CCCC1. The molecule has 5 nitrogen and oxygen atoms in total. The molecule has 0 aromatic carbocycles. The van der Waals surface area contributed by atoms with Crippen LogP contribution in [-0.4, -0.2) is 69.7 Å². The zero-order valence-corrected chi connectivity index (χ0v) is 12.5. The molecular formula is C12H27N3O2S. The van der Waals surface area contributed by atoms with E-state index in [1.54, 1.807) is 7.05 Å². The van der Waals surface area contributed by atoms with Crippen LogP contribution >= 0.6 is 0 Å². The Morgan fingerprint density at radius 1 is 1.28 bits per heavy atom. The largest absolute Gasteiger partial charge is 0.317 e. The summed E-state index contributed by atoms with van der Waals surface area (Å²) in [5.41, 5.74) is 0. The van der Waals surface area contributed by atoms with Gasteiger partial charge in [-0.25, -0.2) is 12.7 Å². The number of hydrogen-bond acceptors (Lipinski definition) is 4. The van der Waals surface area contributed by atoms with E-state index in [0.717, 1.165) is 32.7 Å². The van der Waals surface area contributed by atoms with E-state index in [2.05, 4.69) is 10.2 Å². The van der Waals surface area contributed by atoms with Gasteiger partial charge in [-0.2, -0.15) is 0 Å². The van der Waals surface area contributed by atoms with Gasteiger partial charge in [0.15, 0.2) is 0 Å². The van der Waals surface area contributed by atoms with Gasteiger partial charge in [0.1, 0.15) is 0 Å². The van der Waals surface area contributed by atoms with Crippen molar-refractivity contribution >= 4 is 10.0 Å². The Morgan fingerprint density at radius 2 is 1.94 bits per heavy atom. The molecule has 1 aliphatic heterocycles. The van der Waals surface area contributed by atoms with E-state index in [1.807, 2.05) is 6.92 Å². The molecule has 0 atom stereocenters. The number of sulfonamides is 1. The number of nitrogens with zero attached hydrogens (tertiary/aromatic N) is 2. The normalized spacial score (nSPS) is 17.7. The van der Waals surface area contributed by atoms with Crippen LogP contribution in [0.5, 0.6) is 0 Å². The summed E-state index contributed by atoms with van der Waals surface area (Å²) in [5, 5.41) is 3.15. The Labute approximate surface area is 112 Å². The number of hydrogen-bond donors (Lipinski definition) is 1. The Balaban J connectivity index is 2.22. The Bertz CT molecular complexity index is 313. The average molecular weight is 277 g/mol. The highest BCUT2D eigenvalue weighted by atomic mass is 32.2. The van der Waals surface area contributed by atoms with Gasteiger partial charge in [0.25, 0.3) is 0 Å². The first kappa shape index (κ1) is 15.9. The second-order valence-electron chi connectivity index (χ2n) is 4.89. The third-order valence-electron chi connectivity index (χ3n) is 3.41. The number of likely N-dealkylation sites (N-methyl/N-ethyl adjacent to an activating group) is 1. The minimum atomic E-state index is -3.07. The molecule has 108 valence electrons. The quantitative estimate of drug-likeness (QED) is 0.618. The summed E-state index contributed by atoms with van der Waals surface area (Å²) in [6.07, 6.45) is 3.18. The smallest absolute Gasteiger partial charge is 0.213 e. The predicted octanol–water partition coefficient (Wildman–Crippen LogP) is 0.343. The van der Waals surface area contributed by atoms with Crippen molar-refractivity contribution in [1.82, 2.24) is 14.5 Å². The van der Waals surface area contributed by atoms with Crippen molar-refractivity contribution in [2.75, 3.05) is 52.1 Å². The first-order valence-corrected chi connectivity index (χ1v) is 8.54. The fourth-order valence-corrected chi connectivity index (χ4v) is 3.32. The first-order chi connectivity index (χ1) is 8.56. The highest BCUT2D eigenvalue weighted by molar-refractivity contribution is 7.89. The van der Waals surface area contributed by atoms with Gasteiger partial charge in [0, 0.05) is 20.1 Å². The Hall–Kier alpha value is -0.170.